The van der Waals surface area contributed by atoms with Crippen LogP contribution in [0.1, 0.15) is 10.4 Å². The summed E-state index contributed by atoms with van der Waals surface area (Å²) in [4.78, 5) is 23.3. The lowest BCUT2D eigenvalue weighted by atomic mass is 10.1. The second-order valence-electron chi connectivity index (χ2n) is 6.50. The first-order valence-corrected chi connectivity index (χ1v) is 9.48. The molecule has 0 radical (unpaired) electrons. The van der Waals surface area contributed by atoms with Crippen LogP contribution in [0.4, 0.5) is 5.95 Å². The third-order valence-electron chi connectivity index (χ3n) is 4.47. The molecular formula is C18H25N5O2S. The minimum Gasteiger partial charge on any atom is -0.383 e. The molecule has 8 heteroatoms. The molecule has 1 saturated heterocycles. The van der Waals surface area contributed by atoms with E-state index in [0.29, 0.717) is 5.95 Å². The fourth-order valence-electron chi connectivity index (χ4n) is 2.85. The molecule has 1 aromatic carbocycles. The van der Waals surface area contributed by atoms with Crippen molar-refractivity contribution in [2.24, 2.45) is 0 Å². The first-order chi connectivity index (χ1) is 12.6. The van der Waals surface area contributed by atoms with E-state index < -0.39 is 0 Å². The predicted molar refractivity (Wildman–Crippen MR) is 104 cm³/mol. The molecule has 3 rings (SSSR count). The molecule has 1 aliphatic heterocycles. The number of aromatic nitrogens is 2. The van der Waals surface area contributed by atoms with Crippen molar-refractivity contribution in [3.8, 4) is 10.6 Å². The van der Waals surface area contributed by atoms with Crippen molar-refractivity contribution < 1.29 is 9.53 Å². The van der Waals surface area contributed by atoms with Gasteiger partial charge >= 0.3 is 0 Å². The number of nitrogens with zero attached hydrogens (tertiary/aromatic N) is 5. The number of carbonyl (C=O) groups excluding carboxylic acids is 1. The summed E-state index contributed by atoms with van der Waals surface area (Å²) >= 11 is 1.37. The van der Waals surface area contributed by atoms with E-state index in [1.54, 1.807) is 7.11 Å². The predicted octanol–water partition coefficient (Wildman–Crippen LogP) is 1.68. The Hall–Kier alpha value is -2.03. The van der Waals surface area contributed by atoms with Gasteiger partial charge in [0.15, 0.2) is 0 Å². The van der Waals surface area contributed by atoms with Gasteiger partial charge in [-0.3, -0.25) is 9.69 Å². The van der Waals surface area contributed by atoms with E-state index in [1.165, 1.54) is 11.5 Å². The third kappa shape index (κ3) is 4.38. The van der Waals surface area contributed by atoms with Crippen LogP contribution in [0.15, 0.2) is 24.3 Å². The van der Waals surface area contributed by atoms with Crippen LogP contribution in [-0.4, -0.2) is 85.6 Å². The normalized spacial score (nSPS) is 15.3. The van der Waals surface area contributed by atoms with Crippen LogP contribution < -0.4 is 4.90 Å². The topological polar surface area (TPSA) is 61.8 Å². The van der Waals surface area contributed by atoms with Gasteiger partial charge in [-0.05, 0) is 23.7 Å². The zero-order chi connectivity index (χ0) is 18.5. The number of rotatable bonds is 6. The highest BCUT2D eigenvalue weighted by Crippen LogP contribution is 2.24. The van der Waals surface area contributed by atoms with Crippen molar-refractivity contribution in [3.63, 3.8) is 0 Å². The SMILES string of the molecule is COCCN1CCN(C(=O)c2ccc(-c3nc(N(C)C)ns3)cc2)CC1. The van der Waals surface area contributed by atoms with E-state index >= 15 is 0 Å². The van der Waals surface area contributed by atoms with Gasteiger partial charge in [-0.15, -0.1) is 0 Å². The van der Waals surface area contributed by atoms with Gasteiger partial charge in [0.1, 0.15) is 5.01 Å². The number of methoxy groups -OCH3 is 1. The molecule has 2 heterocycles. The number of hydrogen-bond donors (Lipinski definition) is 0. The van der Waals surface area contributed by atoms with Crippen LogP contribution in [0.25, 0.3) is 10.6 Å². The second-order valence-corrected chi connectivity index (χ2v) is 7.25. The zero-order valence-electron chi connectivity index (χ0n) is 15.5. The van der Waals surface area contributed by atoms with E-state index in [4.69, 9.17) is 4.74 Å². The van der Waals surface area contributed by atoms with Gasteiger partial charge in [0, 0.05) is 65.1 Å². The van der Waals surface area contributed by atoms with E-state index in [2.05, 4.69) is 14.3 Å². The molecule has 0 aliphatic carbocycles. The van der Waals surface area contributed by atoms with Crippen LogP contribution in [0.3, 0.4) is 0 Å². The summed E-state index contributed by atoms with van der Waals surface area (Å²) in [5.41, 5.74) is 1.70. The Bertz CT molecular complexity index is 723. The largest absolute Gasteiger partial charge is 0.383 e. The van der Waals surface area contributed by atoms with Crippen LogP contribution in [0.2, 0.25) is 0 Å². The summed E-state index contributed by atoms with van der Waals surface area (Å²) in [5.74, 6) is 0.797. The molecule has 1 amide bonds. The molecule has 1 aromatic heterocycles. The Labute approximate surface area is 158 Å². The number of benzene rings is 1. The third-order valence-corrected chi connectivity index (χ3v) is 5.22. The zero-order valence-corrected chi connectivity index (χ0v) is 16.3. The maximum atomic E-state index is 12.7. The molecule has 7 nitrogen and oxygen atoms in total. The van der Waals surface area contributed by atoms with Gasteiger partial charge in [-0.25, -0.2) is 0 Å². The van der Waals surface area contributed by atoms with Gasteiger partial charge in [-0.2, -0.15) is 9.36 Å². The minimum absolute atomic E-state index is 0.0918. The highest BCUT2D eigenvalue weighted by Gasteiger charge is 2.22. The van der Waals surface area contributed by atoms with Crippen LogP contribution in [0.5, 0.6) is 0 Å². The van der Waals surface area contributed by atoms with Gasteiger partial charge in [-0.1, -0.05) is 12.1 Å². The van der Waals surface area contributed by atoms with Gasteiger partial charge in [0.05, 0.1) is 6.61 Å². The summed E-state index contributed by atoms with van der Waals surface area (Å²) in [5, 5.41) is 0.861. The summed E-state index contributed by atoms with van der Waals surface area (Å²) in [6.07, 6.45) is 0. The Morgan fingerprint density at radius 2 is 1.88 bits per heavy atom. The Balaban J connectivity index is 1.60. The maximum absolute atomic E-state index is 12.7. The molecule has 0 bridgehead atoms. The number of ether oxygens (including phenoxy) is 1. The average Bonchev–Trinajstić information content (AvgIpc) is 3.17. The Kier molecular flexibility index (Phi) is 6.18. The minimum atomic E-state index is 0.0918. The molecule has 1 fully saturated rings. The van der Waals surface area contributed by atoms with Crippen molar-refractivity contribution in [3.05, 3.63) is 29.8 Å². The average molecular weight is 375 g/mol. The summed E-state index contributed by atoms with van der Waals surface area (Å²) in [6.45, 7) is 4.96. The van der Waals surface area contributed by atoms with Crippen molar-refractivity contribution in [2.75, 3.05) is 65.4 Å². The summed E-state index contributed by atoms with van der Waals surface area (Å²) in [6, 6.07) is 7.65. The summed E-state index contributed by atoms with van der Waals surface area (Å²) in [7, 11) is 5.55. The second kappa shape index (κ2) is 8.57. The quantitative estimate of drug-likeness (QED) is 0.766. The molecule has 140 valence electrons. The van der Waals surface area contributed by atoms with Gasteiger partial charge in [0.25, 0.3) is 5.91 Å². The van der Waals surface area contributed by atoms with Gasteiger partial charge < -0.3 is 14.5 Å². The van der Waals surface area contributed by atoms with E-state index in [1.807, 2.05) is 48.2 Å². The highest BCUT2D eigenvalue weighted by molar-refractivity contribution is 7.09. The molecule has 0 saturated carbocycles. The molecule has 26 heavy (non-hydrogen) atoms. The van der Waals surface area contributed by atoms with Crippen molar-refractivity contribution in [1.29, 1.82) is 0 Å². The monoisotopic (exact) mass is 375 g/mol. The van der Waals surface area contributed by atoms with Crippen LogP contribution in [-0.2, 0) is 4.74 Å². The smallest absolute Gasteiger partial charge is 0.253 e. The lowest BCUT2D eigenvalue weighted by Gasteiger charge is -2.34. The number of hydrogen-bond acceptors (Lipinski definition) is 7. The molecule has 0 unspecified atom stereocenters. The van der Waals surface area contributed by atoms with Crippen molar-refractivity contribution >= 4 is 23.4 Å². The molecule has 0 spiro atoms. The van der Waals surface area contributed by atoms with Crippen LogP contribution in [0, 0.1) is 0 Å². The van der Waals surface area contributed by atoms with E-state index in [-0.39, 0.29) is 5.91 Å². The van der Waals surface area contributed by atoms with Crippen LogP contribution >= 0.6 is 11.5 Å². The first kappa shape index (κ1) is 18.8. The Morgan fingerprint density at radius 3 is 2.46 bits per heavy atom. The summed E-state index contributed by atoms with van der Waals surface area (Å²) < 4.78 is 9.44. The number of anilines is 1. The number of amides is 1. The lowest BCUT2D eigenvalue weighted by Crippen LogP contribution is -2.49. The van der Waals surface area contributed by atoms with Gasteiger partial charge in [0.2, 0.25) is 5.95 Å². The molecule has 2 aromatic rings. The molecular weight excluding hydrogens is 350 g/mol. The van der Waals surface area contributed by atoms with E-state index in [0.717, 1.165) is 55.5 Å². The number of piperazine rings is 1. The molecule has 0 N–H and O–H groups in total. The fraction of sp³-hybridized carbons (Fsp3) is 0.500. The Morgan fingerprint density at radius 1 is 1.19 bits per heavy atom. The first-order valence-electron chi connectivity index (χ1n) is 8.70. The van der Waals surface area contributed by atoms with E-state index in [9.17, 15) is 4.79 Å². The number of carbonyl (C=O) groups is 1. The lowest BCUT2D eigenvalue weighted by molar-refractivity contribution is 0.0594. The van der Waals surface area contributed by atoms with Crippen molar-refractivity contribution in [1.82, 2.24) is 19.2 Å². The maximum Gasteiger partial charge on any atom is 0.253 e. The highest BCUT2D eigenvalue weighted by atomic mass is 32.1. The molecule has 1 aliphatic rings. The standard InChI is InChI=1S/C18H25N5O2S/c1-21(2)18-19-16(26-20-18)14-4-6-15(7-5-14)17(24)23-10-8-22(9-11-23)12-13-25-3/h4-7H,8-13H2,1-3H3. The van der Waals surface area contributed by atoms with Crippen molar-refractivity contribution in [2.45, 2.75) is 0 Å². The fourth-order valence-corrected chi connectivity index (χ4v) is 3.58. The molecule has 0 atom stereocenters.